The summed E-state index contributed by atoms with van der Waals surface area (Å²) < 4.78 is 41.3. The lowest BCUT2D eigenvalue weighted by molar-refractivity contribution is -0.137. The number of benzene rings is 2. The third kappa shape index (κ3) is 5.27. The van der Waals surface area contributed by atoms with Gasteiger partial charge in [-0.15, -0.1) is 10.2 Å². The third-order valence-corrected chi connectivity index (χ3v) is 5.45. The van der Waals surface area contributed by atoms with Crippen LogP contribution < -0.4 is 5.32 Å². The van der Waals surface area contributed by atoms with Gasteiger partial charge in [0.15, 0.2) is 11.0 Å². The van der Waals surface area contributed by atoms with Crippen molar-refractivity contribution in [2.24, 2.45) is 0 Å². The molecule has 0 unspecified atom stereocenters. The van der Waals surface area contributed by atoms with Gasteiger partial charge in [0, 0.05) is 22.2 Å². The summed E-state index contributed by atoms with van der Waals surface area (Å²) >= 11 is 12.8. The second-order valence-corrected chi connectivity index (χ2v) is 7.90. The van der Waals surface area contributed by atoms with E-state index in [-0.39, 0.29) is 16.5 Å². The number of carbonyl (C=O) groups excluding carboxylic acids is 1. The fourth-order valence-electron chi connectivity index (χ4n) is 2.70. The van der Waals surface area contributed by atoms with Crippen molar-refractivity contribution in [3.63, 3.8) is 0 Å². The molecule has 1 heterocycles. The van der Waals surface area contributed by atoms with Gasteiger partial charge in [0.25, 0.3) is 0 Å². The summed E-state index contributed by atoms with van der Waals surface area (Å²) in [4.78, 5) is 12.3. The molecule has 1 N–H and O–H groups in total. The van der Waals surface area contributed by atoms with Crippen molar-refractivity contribution in [1.82, 2.24) is 14.8 Å². The zero-order chi connectivity index (χ0) is 21.9. The Kier molecular flexibility index (Phi) is 6.95. The van der Waals surface area contributed by atoms with Crippen molar-refractivity contribution < 1.29 is 18.0 Å². The van der Waals surface area contributed by atoms with E-state index in [9.17, 15) is 18.0 Å². The Labute approximate surface area is 184 Å². The summed E-state index contributed by atoms with van der Waals surface area (Å²) in [5.41, 5.74) is -0.591. The molecule has 158 valence electrons. The molecule has 30 heavy (non-hydrogen) atoms. The highest BCUT2D eigenvalue weighted by molar-refractivity contribution is 7.99. The van der Waals surface area contributed by atoms with Gasteiger partial charge >= 0.3 is 6.18 Å². The molecule has 0 aliphatic rings. The molecule has 3 aromatic rings. The number of anilines is 1. The SMILES string of the molecule is CCn1c(SCC(=O)Nc2ccc(Cl)cc2C(F)(F)F)nnc1-c1cccc(Cl)c1. The first kappa shape index (κ1) is 22.5. The predicted molar refractivity (Wildman–Crippen MR) is 112 cm³/mol. The summed E-state index contributed by atoms with van der Waals surface area (Å²) in [5.74, 6) is -0.170. The number of amides is 1. The van der Waals surface area contributed by atoms with Crippen molar-refractivity contribution in [2.75, 3.05) is 11.1 Å². The molecule has 0 bridgehead atoms. The molecule has 5 nitrogen and oxygen atoms in total. The van der Waals surface area contributed by atoms with Gasteiger partial charge in [0.2, 0.25) is 5.91 Å². The highest BCUT2D eigenvalue weighted by Crippen LogP contribution is 2.36. The number of nitrogens with zero attached hydrogens (tertiary/aromatic N) is 3. The van der Waals surface area contributed by atoms with Gasteiger partial charge in [-0.05, 0) is 37.3 Å². The lowest BCUT2D eigenvalue weighted by atomic mass is 10.1. The van der Waals surface area contributed by atoms with Crippen LogP contribution in [0.15, 0.2) is 47.6 Å². The van der Waals surface area contributed by atoms with Crippen molar-refractivity contribution in [3.8, 4) is 11.4 Å². The molecule has 0 atom stereocenters. The van der Waals surface area contributed by atoms with E-state index in [2.05, 4.69) is 15.5 Å². The first-order chi connectivity index (χ1) is 14.2. The van der Waals surface area contributed by atoms with E-state index in [1.165, 1.54) is 6.07 Å². The zero-order valence-corrected chi connectivity index (χ0v) is 17.8. The number of hydrogen-bond donors (Lipinski definition) is 1. The van der Waals surface area contributed by atoms with Gasteiger partial charge in [-0.25, -0.2) is 0 Å². The summed E-state index contributed by atoms with van der Waals surface area (Å²) in [6.45, 7) is 2.43. The Bertz CT molecular complexity index is 1070. The van der Waals surface area contributed by atoms with E-state index in [0.717, 1.165) is 29.5 Å². The summed E-state index contributed by atoms with van der Waals surface area (Å²) in [6.07, 6.45) is -4.64. The first-order valence-electron chi connectivity index (χ1n) is 8.67. The van der Waals surface area contributed by atoms with Gasteiger partial charge in [-0.2, -0.15) is 13.2 Å². The number of nitrogens with one attached hydrogen (secondary N) is 1. The molecule has 2 aromatic carbocycles. The van der Waals surface area contributed by atoms with Crippen molar-refractivity contribution in [3.05, 3.63) is 58.1 Å². The zero-order valence-electron chi connectivity index (χ0n) is 15.5. The van der Waals surface area contributed by atoms with Gasteiger partial charge in [0.05, 0.1) is 17.0 Å². The molecule has 0 saturated heterocycles. The average Bonchev–Trinajstić information content (AvgIpc) is 3.10. The molecular weight excluding hydrogens is 460 g/mol. The van der Waals surface area contributed by atoms with Crippen molar-refractivity contribution in [1.29, 1.82) is 0 Å². The minimum atomic E-state index is -4.64. The van der Waals surface area contributed by atoms with Gasteiger partial charge < -0.3 is 9.88 Å². The predicted octanol–water partition coefficient (Wildman–Crippen LogP) is 6.02. The number of aromatic nitrogens is 3. The van der Waals surface area contributed by atoms with Crippen LogP contribution in [-0.4, -0.2) is 26.4 Å². The van der Waals surface area contributed by atoms with E-state index in [1.54, 1.807) is 22.8 Å². The van der Waals surface area contributed by atoms with Crippen LogP contribution in [-0.2, 0) is 17.5 Å². The van der Waals surface area contributed by atoms with Crippen LogP contribution in [0.25, 0.3) is 11.4 Å². The highest BCUT2D eigenvalue weighted by atomic mass is 35.5. The number of hydrogen-bond acceptors (Lipinski definition) is 4. The van der Waals surface area contributed by atoms with E-state index < -0.39 is 17.6 Å². The molecule has 0 aliphatic heterocycles. The molecule has 1 amide bonds. The number of carbonyl (C=O) groups is 1. The number of halogens is 5. The third-order valence-electron chi connectivity index (χ3n) is 4.01. The largest absolute Gasteiger partial charge is 0.418 e. The molecule has 0 aliphatic carbocycles. The number of alkyl halides is 3. The molecule has 0 saturated carbocycles. The maximum atomic E-state index is 13.2. The average molecular weight is 475 g/mol. The fourth-order valence-corrected chi connectivity index (χ4v) is 3.86. The van der Waals surface area contributed by atoms with Gasteiger partial charge in [-0.3, -0.25) is 4.79 Å². The number of rotatable bonds is 6. The Morgan fingerprint density at radius 3 is 2.53 bits per heavy atom. The van der Waals surface area contributed by atoms with Crippen LogP contribution in [0.1, 0.15) is 12.5 Å². The van der Waals surface area contributed by atoms with E-state index in [1.807, 2.05) is 13.0 Å². The molecule has 1 aromatic heterocycles. The second-order valence-electron chi connectivity index (χ2n) is 6.09. The van der Waals surface area contributed by atoms with Gasteiger partial charge in [-0.1, -0.05) is 47.1 Å². The maximum absolute atomic E-state index is 13.2. The van der Waals surface area contributed by atoms with Crippen LogP contribution in [0.4, 0.5) is 18.9 Å². The Morgan fingerprint density at radius 1 is 1.13 bits per heavy atom. The highest BCUT2D eigenvalue weighted by Gasteiger charge is 2.34. The number of thioether (sulfide) groups is 1. The Hall–Kier alpha value is -2.23. The first-order valence-corrected chi connectivity index (χ1v) is 10.4. The Morgan fingerprint density at radius 2 is 1.87 bits per heavy atom. The van der Waals surface area contributed by atoms with Crippen LogP contribution in [0.5, 0.6) is 0 Å². The molecule has 0 fully saturated rings. The lowest BCUT2D eigenvalue weighted by Crippen LogP contribution is -2.18. The molecular formula is C19H15Cl2F3N4OS. The smallest absolute Gasteiger partial charge is 0.325 e. The summed E-state index contributed by atoms with van der Waals surface area (Å²) in [5, 5.41) is 11.5. The van der Waals surface area contributed by atoms with E-state index in [0.29, 0.717) is 22.5 Å². The Balaban J connectivity index is 1.73. The van der Waals surface area contributed by atoms with Crippen LogP contribution in [0.2, 0.25) is 10.0 Å². The van der Waals surface area contributed by atoms with E-state index >= 15 is 0 Å². The van der Waals surface area contributed by atoms with Crippen LogP contribution >= 0.6 is 35.0 Å². The summed E-state index contributed by atoms with van der Waals surface area (Å²) in [6, 6.07) is 10.3. The maximum Gasteiger partial charge on any atom is 0.418 e. The minimum Gasteiger partial charge on any atom is -0.325 e. The molecule has 11 heteroatoms. The van der Waals surface area contributed by atoms with Gasteiger partial charge in [0.1, 0.15) is 0 Å². The topological polar surface area (TPSA) is 59.8 Å². The van der Waals surface area contributed by atoms with E-state index in [4.69, 9.17) is 23.2 Å². The standard InChI is InChI=1S/C19H15Cl2F3N4OS/c1-2-28-17(11-4-3-5-12(20)8-11)26-27-18(28)30-10-16(29)25-15-7-6-13(21)9-14(15)19(22,23)24/h3-9H,2,10H2,1H3,(H,25,29). The fraction of sp³-hybridized carbons (Fsp3) is 0.211. The van der Waals surface area contributed by atoms with Crippen LogP contribution in [0.3, 0.4) is 0 Å². The lowest BCUT2D eigenvalue weighted by Gasteiger charge is -2.14. The molecule has 0 spiro atoms. The van der Waals surface area contributed by atoms with Crippen molar-refractivity contribution >= 4 is 46.6 Å². The van der Waals surface area contributed by atoms with Crippen molar-refractivity contribution in [2.45, 2.75) is 24.8 Å². The second kappa shape index (κ2) is 9.28. The monoisotopic (exact) mass is 474 g/mol. The quantitative estimate of drug-likeness (QED) is 0.443. The van der Waals surface area contributed by atoms with Crippen LogP contribution in [0, 0.1) is 0 Å². The normalized spacial score (nSPS) is 11.5. The summed E-state index contributed by atoms with van der Waals surface area (Å²) in [7, 11) is 0. The minimum absolute atomic E-state index is 0.0701. The molecule has 0 radical (unpaired) electrons. The molecule has 3 rings (SSSR count).